The van der Waals surface area contributed by atoms with Gasteiger partial charge in [-0.15, -0.1) is 6.42 Å². The fourth-order valence-electron chi connectivity index (χ4n) is 2.55. The van der Waals surface area contributed by atoms with E-state index in [0.29, 0.717) is 28.9 Å². The van der Waals surface area contributed by atoms with Crippen LogP contribution in [0.1, 0.15) is 22.8 Å². The Kier molecular flexibility index (Phi) is 4.08. The number of nitrogens with one attached hydrogen (secondary N) is 1. The minimum atomic E-state index is -0.118. The van der Waals surface area contributed by atoms with Gasteiger partial charge in [0.25, 0.3) is 0 Å². The molecular formula is C16H15N3O3S. The number of hydrogen-bond acceptors (Lipinski definition) is 6. The minimum Gasteiger partial charge on any atom is -0.493 e. The first-order chi connectivity index (χ1) is 11.1. The number of rotatable bonds is 4. The molecule has 7 heteroatoms. The number of carbonyl (C=O) groups is 1. The molecule has 1 aromatic carbocycles. The van der Waals surface area contributed by atoms with Crippen LogP contribution in [0, 0.1) is 12.3 Å². The van der Waals surface area contributed by atoms with Crippen molar-refractivity contribution in [3.05, 3.63) is 28.6 Å². The average Bonchev–Trinajstić information content (AvgIpc) is 2.91. The maximum Gasteiger partial charge on any atom is 0.226 e. The number of fused-ring (bicyclic) bond motifs is 1. The standard InChI is InChI=1S/C16H15N3O3S/c1-3-6-22-12-7-9(4-5-11(12)21-2)10-8-13(20)18-15-14(10)23-16(17)19-15/h1,4-5,7,10H,6,8H2,2H3,(H2,17,19)(H,18,20). The van der Waals surface area contributed by atoms with Crippen LogP contribution in [-0.4, -0.2) is 24.6 Å². The molecule has 1 amide bonds. The number of anilines is 2. The van der Waals surface area contributed by atoms with Gasteiger partial charge >= 0.3 is 0 Å². The molecule has 1 aromatic heterocycles. The van der Waals surface area contributed by atoms with Crippen molar-refractivity contribution in [3.8, 4) is 23.8 Å². The van der Waals surface area contributed by atoms with Crippen molar-refractivity contribution in [2.24, 2.45) is 0 Å². The SMILES string of the molecule is C#CCOc1cc(C2CC(=O)Nc3nc(N)sc32)ccc1OC. The van der Waals surface area contributed by atoms with Crippen LogP contribution in [0.4, 0.5) is 10.9 Å². The number of thiazole rings is 1. The normalized spacial score (nSPS) is 16.2. The Bertz CT molecular complexity index is 794. The second-order valence-corrected chi connectivity index (χ2v) is 6.04. The number of nitrogens with zero attached hydrogens (tertiary/aromatic N) is 1. The summed E-state index contributed by atoms with van der Waals surface area (Å²) in [5.74, 6) is 3.90. The summed E-state index contributed by atoms with van der Waals surface area (Å²) < 4.78 is 10.8. The number of ether oxygens (including phenoxy) is 2. The van der Waals surface area contributed by atoms with Crippen LogP contribution in [0.3, 0.4) is 0 Å². The summed E-state index contributed by atoms with van der Waals surface area (Å²) in [6.07, 6.45) is 5.57. The van der Waals surface area contributed by atoms with Crippen molar-refractivity contribution in [1.82, 2.24) is 4.98 Å². The molecule has 3 rings (SSSR count). The van der Waals surface area contributed by atoms with Crippen LogP contribution < -0.4 is 20.5 Å². The van der Waals surface area contributed by atoms with E-state index in [1.54, 1.807) is 13.2 Å². The fraction of sp³-hybridized carbons (Fsp3) is 0.250. The molecule has 2 aromatic rings. The highest BCUT2D eigenvalue weighted by Crippen LogP contribution is 2.43. The second-order valence-electron chi connectivity index (χ2n) is 4.97. The predicted molar refractivity (Wildman–Crippen MR) is 88.9 cm³/mol. The number of benzene rings is 1. The van der Waals surface area contributed by atoms with Gasteiger partial charge in [0.2, 0.25) is 5.91 Å². The van der Waals surface area contributed by atoms with E-state index in [0.717, 1.165) is 10.4 Å². The molecule has 3 N–H and O–H groups in total. The van der Waals surface area contributed by atoms with Crippen LogP contribution in [0.2, 0.25) is 0 Å². The Morgan fingerprint density at radius 2 is 2.35 bits per heavy atom. The molecule has 0 spiro atoms. The number of terminal acetylenes is 1. The number of aromatic nitrogens is 1. The third-order valence-corrected chi connectivity index (χ3v) is 4.53. The maximum absolute atomic E-state index is 11.9. The zero-order chi connectivity index (χ0) is 16.4. The van der Waals surface area contributed by atoms with Crippen LogP contribution in [0.25, 0.3) is 0 Å². The van der Waals surface area contributed by atoms with E-state index >= 15 is 0 Å². The van der Waals surface area contributed by atoms with E-state index < -0.39 is 0 Å². The Hall–Kier alpha value is -2.72. The van der Waals surface area contributed by atoms with E-state index in [4.69, 9.17) is 21.6 Å². The molecule has 23 heavy (non-hydrogen) atoms. The summed E-state index contributed by atoms with van der Waals surface area (Å²) in [6, 6.07) is 5.56. The molecule has 0 aliphatic carbocycles. The lowest BCUT2D eigenvalue weighted by Gasteiger charge is -2.22. The molecular weight excluding hydrogens is 314 g/mol. The minimum absolute atomic E-state index is 0.0882. The van der Waals surface area contributed by atoms with E-state index in [-0.39, 0.29) is 18.4 Å². The molecule has 0 saturated carbocycles. The quantitative estimate of drug-likeness (QED) is 0.840. The summed E-state index contributed by atoms with van der Waals surface area (Å²) in [6.45, 7) is 0.143. The van der Waals surface area contributed by atoms with E-state index in [9.17, 15) is 4.79 Å². The summed E-state index contributed by atoms with van der Waals surface area (Å²) in [7, 11) is 1.56. The first-order valence-electron chi connectivity index (χ1n) is 6.92. The lowest BCUT2D eigenvalue weighted by atomic mass is 9.91. The fourth-order valence-corrected chi connectivity index (χ4v) is 3.46. The van der Waals surface area contributed by atoms with Gasteiger partial charge in [0.05, 0.1) is 12.0 Å². The van der Waals surface area contributed by atoms with Crippen molar-refractivity contribution in [3.63, 3.8) is 0 Å². The lowest BCUT2D eigenvalue weighted by molar-refractivity contribution is -0.116. The van der Waals surface area contributed by atoms with E-state index in [2.05, 4.69) is 16.2 Å². The lowest BCUT2D eigenvalue weighted by Crippen LogP contribution is -2.22. The molecule has 1 aliphatic heterocycles. The summed E-state index contributed by atoms with van der Waals surface area (Å²) in [4.78, 5) is 17.0. The highest BCUT2D eigenvalue weighted by molar-refractivity contribution is 7.16. The highest BCUT2D eigenvalue weighted by atomic mass is 32.1. The number of methoxy groups -OCH3 is 1. The molecule has 1 atom stereocenters. The molecule has 6 nitrogen and oxygen atoms in total. The van der Waals surface area contributed by atoms with Crippen LogP contribution in [0.15, 0.2) is 18.2 Å². The molecule has 0 fully saturated rings. The van der Waals surface area contributed by atoms with Crippen molar-refractivity contribution in [2.45, 2.75) is 12.3 Å². The van der Waals surface area contributed by atoms with Crippen molar-refractivity contribution >= 4 is 28.2 Å². The predicted octanol–water partition coefficient (Wildman–Crippen LogP) is 2.22. The van der Waals surface area contributed by atoms with Crippen LogP contribution in [-0.2, 0) is 4.79 Å². The van der Waals surface area contributed by atoms with Gasteiger partial charge in [-0.25, -0.2) is 4.98 Å². The number of carbonyl (C=O) groups excluding carboxylic acids is 1. The van der Waals surface area contributed by atoms with Gasteiger partial charge in [-0.3, -0.25) is 4.79 Å². The van der Waals surface area contributed by atoms with Gasteiger partial charge in [-0.1, -0.05) is 23.3 Å². The molecule has 1 aliphatic rings. The molecule has 0 saturated heterocycles. The highest BCUT2D eigenvalue weighted by Gasteiger charge is 2.30. The number of nitrogen functional groups attached to an aromatic ring is 1. The van der Waals surface area contributed by atoms with Gasteiger partial charge in [-0.2, -0.15) is 0 Å². The van der Waals surface area contributed by atoms with Crippen molar-refractivity contribution < 1.29 is 14.3 Å². The molecule has 0 bridgehead atoms. The maximum atomic E-state index is 11.9. The van der Waals surface area contributed by atoms with Gasteiger partial charge < -0.3 is 20.5 Å². The molecule has 118 valence electrons. The monoisotopic (exact) mass is 329 g/mol. The first kappa shape index (κ1) is 15.2. The van der Waals surface area contributed by atoms with Gasteiger partial charge in [-0.05, 0) is 17.7 Å². The summed E-state index contributed by atoms with van der Waals surface area (Å²) in [5, 5.41) is 3.18. The molecule has 0 radical (unpaired) electrons. The Morgan fingerprint density at radius 3 is 3.09 bits per heavy atom. The number of amides is 1. The van der Waals surface area contributed by atoms with Crippen molar-refractivity contribution in [2.75, 3.05) is 24.8 Å². The van der Waals surface area contributed by atoms with Gasteiger partial charge in [0, 0.05) is 12.3 Å². The third-order valence-electron chi connectivity index (χ3n) is 3.53. The third kappa shape index (κ3) is 2.94. The smallest absolute Gasteiger partial charge is 0.226 e. The molecule has 2 heterocycles. The van der Waals surface area contributed by atoms with Crippen molar-refractivity contribution in [1.29, 1.82) is 0 Å². The number of hydrogen-bond donors (Lipinski definition) is 2. The first-order valence-corrected chi connectivity index (χ1v) is 7.74. The van der Waals surface area contributed by atoms with E-state index in [1.807, 2.05) is 12.1 Å². The van der Waals surface area contributed by atoms with Crippen LogP contribution in [0.5, 0.6) is 11.5 Å². The zero-order valence-electron chi connectivity index (χ0n) is 12.5. The Morgan fingerprint density at radius 1 is 1.52 bits per heavy atom. The van der Waals surface area contributed by atoms with Gasteiger partial charge in [0.1, 0.15) is 12.4 Å². The van der Waals surface area contributed by atoms with E-state index in [1.165, 1.54) is 11.3 Å². The topological polar surface area (TPSA) is 86.5 Å². The zero-order valence-corrected chi connectivity index (χ0v) is 13.3. The summed E-state index contributed by atoms with van der Waals surface area (Å²) >= 11 is 1.38. The Labute approximate surface area is 137 Å². The van der Waals surface area contributed by atoms with Gasteiger partial charge in [0.15, 0.2) is 16.6 Å². The van der Waals surface area contributed by atoms with Crippen LogP contribution >= 0.6 is 11.3 Å². The number of nitrogens with two attached hydrogens (primary N) is 1. The average molecular weight is 329 g/mol. The largest absolute Gasteiger partial charge is 0.493 e. The summed E-state index contributed by atoms with van der Waals surface area (Å²) in [5.41, 5.74) is 6.70. The Balaban J connectivity index is 2.01. The second kappa shape index (κ2) is 6.18. The molecule has 1 unspecified atom stereocenters.